The maximum absolute atomic E-state index is 12.5. The molecule has 0 aliphatic rings. The molecule has 8 heteroatoms. The van der Waals surface area contributed by atoms with Crippen LogP contribution in [0.2, 0.25) is 0 Å². The fraction of sp³-hybridized carbons (Fsp3) is 0.190. The summed E-state index contributed by atoms with van der Waals surface area (Å²) < 4.78 is 11.8. The summed E-state index contributed by atoms with van der Waals surface area (Å²) in [6, 6.07) is 11.0. The van der Waals surface area contributed by atoms with Gasteiger partial charge in [0.15, 0.2) is 0 Å². The van der Waals surface area contributed by atoms with Gasteiger partial charge in [0, 0.05) is 17.3 Å². The zero-order valence-electron chi connectivity index (χ0n) is 15.9. The average Bonchev–Trinajstić information content (AvgIpc) is 2.69. The number of rotatable bonds is 8. The summed E-state index contributed by atoms with van der Waals surface area (Å²) in [7, 11) is 0. The van der Waals surface area contributed by atoms with Gasteiger partial charge < -0.3 is 19.9 Å². The first kappa shape index (κ1) is 22.0. The van der Waals surface area contributed by atoms with Crippen molar-refractivity contribution in [2.45, 2.75) is 13.8 Å². The standard InChI is InChI=1S/C21H19BrN2O5/c1-3-28-18-11-19(29-4-2)17(22)10-14(18)8-15(12-23)20(25)24-16-7-5-6-13(9-16)21(26)27/h5-11H,3-4H2,1-2H3,(H,24,25)(H,26,27). The highest BCUT2D eigenvalue weighted by Gasteiger charge is 2.15. The smallest absolute Gasteiger partial charge is 0.335 e. The largest absolute Gasteiger partial charge is 0.493 e. The first-order valence-electron chi connectivity index (χ1n) is 8.75. The van der Waals surface area contributed by atoms with Gasteiger partial charge in [-0.15, -0.1) is 0 Å². The van der Waals surface area contributed by atoms with Gasteiger partial charge in [0.1, 0.15) is 23.1 Å². The molecule has 2 aromatic rings. The molecule has 1 amide bonds. The van der Waals surface area contributed by atoms with Crippen LogP contribution in [0.25, 0.3) is 6.08 Å². The maximum Gasteiger partial charge on any atom is 0.335 e. The Morgan fingerprint density at radius 2 is 1.86 bits per heavy atom. The lowest BCUT2D eigenvalue weighted by Crippen LogP contribution is -2.14. The Labute approximate surface area is 176 Å². The minimum absolute atomic E-state index is 0.0272. The average molecular weight is 459 g/mol. The Balaban J connectivity index is 2.36. The van der Waals surface area contributed by atoms with Crippen LogP contribution in [0.3, 0.4) is 0 Å². The van der Waals surface area contributed by atoms with E-state index < -0.39 is 11.9 Å². The Morgan fingerprint density at radius 1 is 1.17 bits per heavy atom. The molecule has 0 saturated carbocycles. The van der Waals surface area contributed by atoms with Crippen LogP contribution in [-0.2, 0) is 4.79 Å². The molecule has 29 heavy (non-hydrogen) atoms. The number of amides is 1. The Hall–Kier alpha value is -3.31. The summed E-state index contributed by atoms with van der Waals surface area (Å²) in [5, 5.41) is 21.0. The number of benzene rings is 2. The van der Waals surface area contributed by atoms with Crippen LogP contribution >= 0.6 is 15.9 Å². The number of nitriles is 1. The molecule has 0 fully saturated rings. The molecule has 0 aliphatic carbocycles. The fourth-order valence-electron chi connectivity index (χ4n) is 2.44. The summed E-state index contributed by atoms with van der Waals surface area (Å²) >= 11 is 3.41. The Bertz CT molecular complexity index is 995. The van der Waals surface area contributed by atoms with Crippen LogP contribution in [0.1, 0.15) is 29.8 Å². The number of ether oxygens (including phenoxy) is 2. The highest BCUT2D eigenvalue weighted by molar-refractivity contribution is 9.10. The minimum atomic E-state index is -1.11. The van der Waals surface area contributed by atoms with E-state index in [1.807, 2.05) is 19.9 Å². The lowest BCUT2D eigenvalue weighted by atomic mass is 10.1. The normalized spacial score (nSPS) is 10.8. The number of carbonyl (C=O) groups is 2. The topological polar surface area (TPSA) is 109 Å². The number of nitrogens with one attached hydrogen (secondary N) is 1. The molecule has 2 rings (SSSR count). The quantitative estimate of drug-likeness (QED) is 0.445. The van der Waals surface area contributed by atoms with Gasteiger partial charge >= 0.3 is 5.97 Å². The second kappa shape index (κ2) is 10.3. The van der Waals surface area contributed by atoms with Crippen molar-refractivity contribution in [2.24, 2.45) is 0 Å². The summed E-state index contributed by atoms with van der Waals surface area (Å²) in [5.41, 5.74) is 0.657. The monoisotopic (exact) mass is 458 g/mol. The molecule has 150 valence electrons. The van der Waals surface area contributed by atoms with E-state index in [-0.39, 0.29) is 16.8 Å². The predicted octanol–water partition coefficient (Wildman–Crippen LogP) is 4.49. The molecule has 2 aromatic carbocycles. The molecular formula is C21H19BrN2O5. The van der Waals surface area contributed by atoms with E-state index in [4.69, 9.17) is 14.6 Å². The molecular weight excluding hydrogens is 440 g/mol. The van der Waals surface area contributed by atoms with E-state index in [2.05, 4.69) is 21.2 Å². The van der Waals surface area contributed by atoms with E-state index in [0.29, 0.717) is 34.7 Å². The van der Waals surface area contributed by atoms with E-state index in [1.165, 1.54) is 24.3 Å². The van der Waals surface area contributed by atoms with Gasteiger partial charge in [-0.1, -0.05) is 6.07 Å². The van der Waals surface area contributed by atoms with Crippen molar-refractivity contribution in [3.05, 3.63) is 57.6 Å². The number of nitrogens with zero attached hydrogens (tertiary/aromatic N) is 1. The van der Waals surface area contributed by atoms with Crippen molar-refractivity contribution < 1.29 is 24.2 Å². The second-order valence-corrected chi connectivity index (χ2v) is 6.55. The van der Waals surface area contributed by atoms with Gasteiger partial charge in [0.05, 0.1) is 23.2 Å². The van der Waals surface area contributed by atoms with Crippen molar-refractivity contribution in [1.82, 2.24) is 0 Å². The number of aromatic carboxylic acids is 1. The zero-order chi connectivity index (χ0) is 21.4. The van der Waals surface area contributed by atoms with Crippen molar-refractivity contribution >= 4 is 39.6 Å². The lowest BCUT2D eigenvalue weighted by Gasteiger charge is -2.13. The Morgan fingerprint density at radius 3 is 2.48 bits per heavy atom. The van der Waals surface area contributed by atoms with Crippen LogP contribution in [0.15, 0.2) is 46.4 Å². The molecule has 0 unspecified atom stereocenters. The van der Waals surface area contributed by atoms with Crippen molar-refractivity contribution in [3.8, 4) is 17.6 Å². The van der Waals surface area contributed by atoms with E-state index in [0.717, 1.165) is 0 Å². The van der Waals surface area contributed by atoms with Gasteiger partial charge in [-0.3, -0.25) is 4.79 Å². The molecule has 0 bridgehead atoms. The van der Waals surface area contributed by atoms with Gasteiger partial charge in [0.2, 0.25) is 0 Å². The number of halogens is 1. The Kier molecular flexibility index (Phi) is 7.80. The number of carboxylic acids is 1. The van der Waals surface area contributed by atoms with Crippen molar-refractivity contribution in [3.63, 3.8) is 0 Å². The minimum Gasteiger partial charge on any atom is -0.493 e. The van der Waals surface area contributed by atoms with Gasteiger partial charge in [-0.05, 0) is 60.1 Å². The van der Waals surface area contributed by atoms with Gasteiger partial charge in [0.25, 0.3) is 5.91 Å². The van der Waals surface area contributed by atoms with Crippen LogP contribution in [0.5, 0.6) is 11.5 Å². The number of hydrogen-bond acceptors (Lipinski definition) is 5. The summed E-state index contributed by atoms with van der Waals surface area (Å²) in [4.78, 5) is 23.6. The zero-order valence-corrected chi connectivity index (χ0v) is 17.4. The second-order valence-electron chi connectivity index (χ2n) is 5.70. The molecule has 0 aromatic heterocycles. The number of carboxylic acid groups (broad SMARTS) is 1. The molecule has 0 aliphatic heterocycles. The van der Waals surface area contributed by atoms with Crippen molar-refractivity contribution in [2.75, 3.05) is 18.5 Å². The van der Waals surface area contributed by atoms with Crippen LogP contribution in [-0.4, -0.2) is 30.2 Å². The van der Waals surface area contributed by atoms with Crippen molar-refractivity contribution in [1.29, 1.82) is 5.26 Å². The molecule has 0 atom stereocenters. The highest BCUT2D eigenvalue weighted by atomic mass is 79.9. The number of hydrogen-bond donors (Lipinski definition) is 2. The van der Waals surface area contributed by atoms with E-state index in [9.17, 15) is 14.9 Å². The first-order valence-corrected chi connectivity index (χ1v) is 9.54. The SMILES string of the molecule is CCOc1cc(OCC)c(C=C(C#N)C(=O)Nc2cccc(C(=O)O)c2)cc1Br. The number of anilines is 1. The van der Waals surface area contributed by atoms with Crippen LogP contribution < -0.4 is 14.8 Å². The highest BCUT2D eigenvalue weighted by Crippen LogP contribution is 2.34. The molecule has 7 nitrogen and oxygen atoms in total. The first-order chi connectivity index (χ1) is 13.9. The summed E-state index contributed by atoms with van der Waals surface area (Å²) in [5.74, 6) is -0.727. The van der Waals surface area contributed by atoms with Gasteiger partial charge in [-0.2, -0.15) is 5.26 Å². The van der Waals surface area contributed by atoms with Gasteiger partial charge in [-0.25, -0.2) is 4.79 Å². The van der Waals surface area contributed by atoms with Crippen LogP contribution in [0, 0.1) is 11.3 Å². The third-order valence-corrected chi connectivity index (χ3v) is 4.32. The molecule has 0 heterocycles. The molecule has 0 spiro atoms. The predicted molar refractivity (Wildman–Crippen MR) is 112 cm³/mol. The molecule has 0 saturated heterocycles. The van der Waals surface area contributed by atoms with Crippen LogP contribution in [0.4, 0.5) is 5.69 Å². The third kappa shape index (κ3) is 5.83. The number of carbonyl (C=O) groups excluding carboxylic acids is 1. The third-order valence-electron chi connectivity index (χ3n) is 3.70. The maximum atomic E-state index is 12.5. The van der Waals surface area contributed by atoms with E-state index >= 15 is 0 Å². The summed E-state index contributed by atoms with van der Waals surface area (Å²) in [6.45, 7) is 4.55. The lowest BCUT2D eigenvalue weighted by molar-refractivity contribution is -0.112. The summed E-state index contributed by atoms with van der Waals surface area (Å²) in [6.07, 6.45) is 1.40. The fourth-order valence-corrected chi connectivity index (χ4v) is 2.92. The molecule has 0 radical (unpaired) electrons. The van der Waals surface area contributed by atoms with E-state index in [1.54, 1.807) is 18.2 Å². The molecule has 2 N–H and O–H groups in total.